The van der Waals surface area contributed by atoms with Crippen LogP contribution >= 0.6 is 0 Å². The molecule has 0 saturated heterocycles. The number of hydrogen-bond acceptors (Lipinski definition) is 6. The van der Waals surface area contributed by atoms with E-state index in [4.69, 9.17) is 18.3 Å². The largest absolute Gasteiger partial charge is 0.457 e. The van der Waals surface area contributed by atoms with E-state index < -0.39 is 0 Å². The second-order valence-corrected chi connectivity index (χ2v) is 16.9. The Morgan fingerprint density at radius 3 is 0.985 bits per heavy atom. The summed E-state index contributed by atoms with van der Waals surface area (Å²) in [5.41, 5.74) is 9.52. The molecule has 2 heterocycles. The molecule has 68 heavy (non-hydrogen) atoms. The van der Waals surface area contributed by atoms with E-state index in [9.17, 15) is 0 Å². The highest BCUT2D eigenvalue weighted by atomic mass is 16.5. The number of ether oxygens (including phenoxy) is 2. The van der Waals surface area contributed by atoms with Crippen LogP contribution in [0.2, 0.25) is 0 Å². The molecule has 0 N–H and O–H groups in total. The second-order valence-electron chi connectivity index (χ2n) is 16.9. The van der Waals surface area contributed by atoms with Crippen LogP contribution in [0.1, 0.15) is 0 Å². The Labute approximate surface area is 391 Å². The van der Waals surface area contributed by atoms with Crippen LogP contribution in [0.3, 0.4) is 0 Å². The van der Waals surface area contributed by atoms with Crippen LogP contribution in [0.5, 0.6) is 23.0 Å². The molecule has 6 heteroatoms. The fourth-order valence-corrected chi connectivity index (χ4v) is 9.50. The Morgan fingerprint density at radius 1 is 0.250 bits per heavy atom. The van der Waals surface area contributed by atoms with Gasteiger partial charge in [-0.2, -0.15) is 0 Å². The molecule has 0 aliphatic heterocycles. The average Bonchev–Trinajstić information content (AvgIpc) is 3.94. The number of benzene rings is 11. The molecule has 11 aromatic carbocycles. The maximum atomic E-state index is 6.69. The van der Waals surface area contributed by atoms with Crippen molar-refractivity contribution in [2.24, 2.45) is 0 Å². The fourth-order valence-electron chi connectivity index (χ4n) is 9.50. The zero-order chi connectivity index (χ0) is 45.0. The highest BCUT2D eigenvalue weighted by molar-refractivity contribution is 6.28. The van der Waals surface area contributed by atoms with E-state index >= 15 is 0 Å². The van der Waals surface area contributed by atoms with Crippen LogP contribution in [0.15, 0.2) is 251 Å². The van der Waals surface area contributed by atoms with Gasteiger partial charge in [-0.25, -0.2) is 0 Å². The van der Waals surface area contributed by atoms with Crippen LogP contribution < -0.4 is 19.3 Å². The number of rotatable bonds is 10. The van der Waals surface area contributed by atoms with Gasteiger partial charge in [0.25, 0.3) is 0 Å². The lowest BCUT2D eigenvalue weighted by molar-refractivity contribution is 0.482. The van der Waals surface area contributed by atoms with Crippen molar-refractivity contribution in [2.75, 3.05) is 9.80 Å². The van der Waals surface area contributed by atoms with E-state index in [1.165, 1.54) is 0 Å². The normalized spacial score (nSPS) is 11.5. The van der Waals surface area contributed by atoms with Gasteiger partial charge >= 0.3 is 0 Å². The number of fused-ring (bicyclic) bond motifs is 9. The lowest BCUT2D eigenvalue weighted by atomic mass is 10.0. The summed E-state index contributed by atoms with van der Waals surface area (Å²) < 4.78 is 25.6. The molecule has 0 atom stereocenters. The highest BCUT2D eigenvalue weighted by Crippen LogP contribution is 2.45. The van der Waals surface area contributed by atoms with E-state index in [1.54, 1.807) is 0 Å². The summed E-state index contributed by atoms with van der Waals surface area (Å²) in [4.78, 5) is 4.53. The highest BCUT2D eigenvalue weighted by Gasteiger charge is 2.20. The SMILES string of the molecule is c1ccc(Oc2ccc(N(c3ccccc3)c3ccc4cc5c(cc4c3)oc3ccc4oc6cc7cc(N(c8ccccc8)c8ccc(Oc9ccccc9)cc8)ccc7cc6c4c35)cc2)cc1. The molecule has 0 bridgehead atoms. The summed E-state index contributed by atoms with van der Waals surface area (Å²) in [6.45, 7) is 0. The molecule has 13 rings (SSSR count). The van der Waals surface area contributed by atoms with Crippen molar-refractivity contribution in [3.63, 3.8) is 0 Å². The second kappa shape index (κ2) is 16.3. The van der Waals surface area contributed by atoms with Gasteiger partial charge in [-0.15, -0.1) is 0 Å². The number of para-hydroxylation sites is 4. The van der Waals surface area contributed by atoms with Crippen molar-refractivity contribution < 1.29 is 18.3 Å². The van der Waals surface area contributed by atoms with Crippen LogP contribution in [0.25, 0.3) is 65.4 Å². The number of anilines is 6. The first-order valence-corrected chi connectivity index (χ1v) is 22.7. The predicted molar refractivity (Wildman–Crippen MR) is 278 cm³/mol. The first-order valence-electron chi connectivity index (χ1n) is 22.7. The lowest BCUT2D eigenvalue weighted by Crippen LogP contribution is -2.09. The number of furan rings is 2. The summed E-state index contributed by atoms with van der Waals surface area (Å²) in [7, 11) is 0. The van der Waals surface area contributed by atoms with Gasteiger partial charge in [-0.3, -0.25) is 0 Å². The van der Waals surface area contributed by atoms with Gasteiger partial charge in [0.15, 0.2) is 0 Å². The minimum atomic E-state index is 0.778. The first-order chi connectivity index (χ1) is 33.6. The zero-order valence-corrected chi connectivity index (χ0v) is 36.6. The molecular weight excluding hydrogens is 837 g/mol. The molecule has 6 nitrogen and oxygen atoms in total. The van der Waals surface area contributed by atoms with Gasteiger partial charge < -0.3 is 28.1 Å². The van der Waals surface area contributed by atoms with Crippen molar-refractivity contribution in [3.05, 3.63) is 243 Å². The van der Waals surface area contributed by atoms with Crippen LogP contribution in [-0.4, -0.2) is 0 Å². The molecule has 0 fully saturated rings. The van der Waals surface area contributed by atoms with Crippen LogP contribution in [0, 0.1) is 0 Å². The smallest absolute Gasteiger partial charge is 0.136 e. The number of hydrogen-bond donors (Lipinski definition) is 0. The monoisotopic (exact) mass is 876 g/mol. The summed E-state index contributed by atoms with van der Waals surface area (Å²) in [5, 5.41) is 8.60. The van der Waals surface area contributed by atoms with Crippen molar-refractivity contribution in [2.45, 2.75) is 0 Å². The Kier molecular flexibility index (Phi) is 9.39. The lowest BCUT2D eigenvalue weighted by Gasteiger charge is -2.26. The molecule has 0 aliphatic carbocycles. The minimum absolute atomic E-state index is 0.778. The van der Waals surface area contributed by atoms with Crippen LogP contribution in [-0.2, 0) is 0 Å². The summed E-state index contributed by atoms with van der Waals surface area (Å²) in [5.74, 6) is 3.16. The first kappa shape index (κ1) is 39.1. The third kappa shape index (κ3) is 7.08. The third-order valence-electron chi connectivity index (χ3n) is 12.6. The van der Waals surface area contributed by atoms with Crippen molar-refractivity contribution in [1.29, 1.82) is 0 Å². The maximum absolute atomic E-state index is 6.69. The Balaban J connectivity index is 0.869. The molecule has 0 radical (unpaired) electrons. The molecule has 0 saturated carbocycles. The standard InChI is InChI=1S/C62H40N2O4/c1-5-13-45(14-6-1)63(47-25-29-53(30-26-47)65-51-17-9-3-10-18-51)49-23-21-41-37-55-59(39-43(41)35-49)67-57-33-34-58-62(61(55)57)56-38-42-22-24-50(36-44(42)40-60(56)68-58)64(46-15-7-2-8-16-46)48-27-31-54(32-28-48)66-52-19-11-4-12-20-52/h1-40H. The maximum Gasteiger partial charge on any atom is 0.136 e. The molecule has 0 aliphatic rings. The Bertz CT molecular complexity index is 3680. The molecule has 2 aromatic heterocycles. The fraction of sp³-hybridized carbons (Fsp3) is 0. The van der Waals surface area contributed by atoms with E-state index in [2.05, 4.69) is 143 Å². The third-order valence-corrected chi connectivity index (χ3v) is 12.6. The Hall–Kier alpha value is -9.26. The van der Waals surface area contributed by atoms with Gasteiger partial charge in [0, 0.05) is 55.7 Å². The number of nitrogens with zero attached hydrogens (tertiary/aromatic N) is 2. The van der Waals surface area contributed by atoms with Crippen molar-refractivity contribution >= 4 is 99.5 Å². The topological polar surface area (TPSA) is 51.2 Å². The molecule has 322 valence electrons. The van der Waals surface area contributed by atoms with Gasteiger partial charge in [-0.05, 0) is 179 Å². The van der Waals surface area contributed by atoms with Gasteiger partial charge in [0.1, 0.15) is 45.3 Å². The van der Waals surface area contributed by atoms with E-state index in [1.807, 2.05) is 109 Å². The molecule has 0 amide bonds. The van der Waals surface area contributed by atoms with Gasteiger partial charge in [0.2, 0.25) is 0 Å². The molecule has 0 unspecified atom stereocenters. The summed E-state index contributed by atoms with van der Waals surface area (Å²) in [6, 6.07) is 83.2. The van der Waals surface area contributed by atoms with E-state index in [0.29, 0.717) is 0 Å². The molecular formula is C62H40N2O4. The molecule has 13 aromatic rings. The summed E-state index contributed by atoms with van der Waals surface area (Å²) in [6.07, 6.45) is 0. The summed E-state index contributed by atoms with van der Waals surface area (Å²) >= 11 is 0. The predicted octanol–water partition coefficient (Wildman–Crippen LogP) is 18.3. The van der Waals surface area contributed by atoms with Gasteiger partial charge in [-0.1, -0.05) is 84.9 Å². The zero-order valence-electron chi connectivity index (χ0n) is 36.6. The van der Waals surface area contributed by atoms with Crippen molar-refractivity contribution in [1.82, 2.24) is 0 Å². The van der Waals surface area contributed by atoms with Crippen LogP contribution in [0.4, 0.5) is 34.1 Å². The van der Waals surface area contributed by atoms with E-state index in [0.717, 1.165) is 123 Å². The molecule has 0 spiro atoms. The quantitative estimate of drug-likeness (QED) is 0.136. The van der Waals surface area contributed by atoms with E-state index in [-0.39, 0.29) is 0 Å². The Morgan fingerprint density at radius 2 is 0.588 bits per heavy atom. The van der Waals surface area contributed by atoms with Gasteiger partial charge in [0.05, 0.1) is 0 Å². The minimum Gasteiger partial charge on any atom is -0.457 e. The average molecular weight is 877 g/mol. The van der Waals surface area contributed by atoms with Crippen molar-refractivity contribution in [3.8, 4) is 23.0 Å².